The van der Waals surface area contributed by atoms with Crippen LogP contribution in [0.15, 0.2) is 35.1 Å². The van der Waals surface area contributed by atoms with E-state index in [9.17, 15) is 14.9 Å². The lowest BCUT2D eigenvalue weighted by molar-refractivity contribution is -0.383. The maximum atomic E-state index is 12.3. The molecule has 1 fully saturated rings. The first-order valence-corrected chi connectivity index (χ1v) is 9.42. The van der Waals surface area contributed by atoms with E-state index in [1.165, 1.54) is 12.7 Å². The number of nitrogens with zero attached hydrogens (tertiary/aromatic N) is 3. The molecular weight excluding hydrogens is 416 g/mol. The molecule has 1 aliphatic carbocycles. The van der Waals surface area contributed by atoms with Gasteiger partial charge >= 0.3 is 5.69 Å². The summed E-state index contributed by atoms with van der Waals surface area (Å²) in [6.07, 6.45) is 6.47. The molecule has 1 heterocycles. The molecule has 0 unspecified atom stereocenters. The van der Waals surface area contributed by atoms with Gasteiger partial charge in [-0.2, -0.15) is 0 Å². The van der Waals surface area contributed by atoms with Gasteiger partial charge in [-0.3, -0.25) is 25.8 Å². The minimum absolute atomic E-state index is 0.0753. The van der Waals surface area contributed by atoms with Gasteiger partial charge in [0.05, 0.1) is 10.5 Å². The summed E-state index contributed by atoms with van der Waals surface area (Å²) in [5.74, 6) is -0.370. The Morgan fingerprint density at radius 2 is 1.85 bits per heavy atom. The largest absolute Gasteiger partial charge is 0.361 e. The first kappa shape index (κ1) is 19.0. The van der Waals surface area contributed by atoms with Gasteiger partial charge in [-0.05, 0) is 40.9 Å². The maximum absolute atomic E-state index is 12.3. The highest BCUT2D eigenvalue weighted by Gasteiger charge is 2.26. The first-order chi connectivity index (χ1) is 13.1. The number of carbonyl (C=O) groups excluding carboxylic acids is 1. The van der Waals surface area contributed by atoms with Gasteiger partial charge in [0.2, 0.25) is 11.6 Å². The van der Waals surface area contributed by atoms with Gasteiger partial charge in [0.15, 0.2) is 0 Å². The van der Waals surface area contributed by atoms with Crippen molar-refractivity contribution in [1.29, 1.82) is 0 Å². The molecule has 2 aromatic rings. The monoisotopic (exact) mass is 434 g/mol. The molecule has 142 valence electrons. The molecule has 1 aromatic carbocycles. The standard InChI is InChI=1S/C17H19BrN6O3/c18-13-9-5-4-8-12(13)17(25)23-22-16-14(24(26)27)15(19-10-20-16)21-11-6-2-1-3-7-11/h4-5,8-11H,1-3,6-7H2,(H,23,25)(H2,19,20,21,22). The number of anilines is 2. The minimum Gasteiger partial charge on any atom is -0.361 e. The highest BCUT2D eigenvalue weighted by Crippen LogP contribution is 2.31. The smallest absolute Gasteiger partial charge is 0.354 e. The molecule has 10 heteroatoms. The lowest BCUT2D eigenvalue weighted by Gasteiger charge is -2.23. The molecule has 1 aliphatic rings. The third kappa shape index (κ3) is 4.70. The highest BCUT2D eigenvalue weighted by atomic mass is 79.9. The van der Waals surface area contributed by atoms with E-state index in [1.807, 2.05) is 0 Å². The summed E-state index contributed by atoms with van der Waals surface area (Å²) in [6.45, 7) is 0. The van der Waals surface area contributed by atoms with Gasteiger partial charge in [0, 0.05) is 10.5 Å². The molecular formula is C17H19BrN6O3. The van der Waals surface area contributed by atoms with Crippen molar-refractivity contribution in [2.75, 3.05) is 10.7 Å². The number of nitro groups is 1. The zero-order chi connectivity index (χ0) is 19.2. The van der Waals surface area contributed by atoms with Crippen molar-refractivity contribution in [3.05, 3.63) is 50.7 Å². The molecule has 27 heavy (non-hydrogen) atoms. The summed E-state index contributed by atoms with van der Waals surface area (Å²) in [4.78, 5) is 31.3. The SMILES string of the molecule is O=C(NNc1ncnc(NC2CCCCC2)c1[N+](=O)[O-])c1ccccc1Br. The highest BCUT2D eigenvalue weighted by molar-refractivity contribution is 9.10. The molecule has 0 atom stereocenters. The van der Waals surface area contributed by atoms with Crippen LogP contribution in [0.3, 0.4) is 0 Å². The van der Waals surface area contributed by atoms with Gasteiger partial charge in [0.1, 0.15) is 6.33 Å². The molecule has 0 spiro atoms. The van der Waals surface area contributed by atoms with E-state index in [2.05, 4.69) is 42.1 Å². The quantitative estimate of drug-likeness (QED) is 0.468. The van der Waals surface area contributed by atoms with Gasteiger partial charge in [0.25, 0.3) is 5.91 Å². The molecule has 1 amide bonds. The number of hydrazine groups is 1. The van der Waals surface area contributed by atoms with E-state index in [0.717, 1.165) is 25.7 Å². The summed E-state index contributed by atoms with van der Waals surface area (Å²) in [5.41, 5.74) is 5.08. The van der Waals surface area contributed by atoms with Crippen LogP contribution in [0.2, 0.25) is 0 Å². The van der Waals surface area contributed by atoms with E-state index < -0.39 is 10.8 Å². The second-order valence-corrected chi connectivity index (χ2v) is 7.07. The predicted octanol–water partition coefficient (Wildman–Crippen LogP) is 3.65. The number of hydrogen-bond donors (Lipinski definition) is 3. The van der Waals surface area contributed by atoms with Crippen molar-refractivity contribution in [3.8, 4) is 0 Å². The van der Waals surface area contributed by atoms with Crippen molar-refractivity contribution in [1.82, 2.24) is 15.4 Å². The average Bonchev–Trinajstić information content (AvgIpc) is 2.67. The van der Waals surface area contributed by atoms with Gasteiger partial charge in [-0.1, -0.05) is 31.4 Å². The van der Waals surface area contributed by atoms with Crippen molar-refractivity contribution in [2.45, 2.75) is 38.1 Å². The molecule has 0 bridgehead atoms. The van der Waals surface area contributed by atoms with Crippen LogP contribution in [0.4, 0.5) is 17.3 Å². The summed E-state index contributed by atoms with van der Waals surface area (Å²) < 4.78 is 0.612. The van der Waals surface area contributed by atoms with Crippen LogP contribution in [0.25, 0.3) is 0 Å². The third-order valence-corrected chi connectivity index (χ3v) is 5.06. The zero-order valence-electron chi connectivity index (χ0n) is 14.4. The van der Waals surface area contributed by atoms with Gasteiger partial charge in [-0.15, -0.1) is 0 Å². The predicted molar refractivity (Wildman–Crippen MR) is 104 cm³/mol. The van der Waals surface area contributed by atoms with Crippen LogP contribution >= 0.6 is 15.9 Å². The van der Waals surface area contributed by atoms with E-state index >= 15 is 0 Å². The van der Waals surface area contributed by atoms with Crippen LogP contribution < -0.4 is 16.2 Å². The molecule has 1 saturated carbocycles. The lowest BCUT2D eigenvalue weighted by atomic mass is 9.95. The Labute approximate surface area is 164 Å². The van der Waals surface area contributed by atoms with Crippen LogP contribution in [0, 0.1) is 10.1 Å². The Morgan fingerprint density at radius 3 is 2.56 bits per heavy atom. The molecule has 3 N–H and O–H groups in total. The fraction of sp³-hybridized carbons (Fsp3) is 0.353. The van der Waals surface area contributed by atoms with E-state index in [-0.39, 0.29) is 23.4 Å². The Hall–Kier alpha value is -2.75. The van der Waals surface area contributed by atoms with Gasteiger partial charge < -0.3 is 5.32 Å². The maximum Gasteiger partial charge on any atom is 0.354 e. The lowest BCUT2D eigenvalue weighted by Crippen LogP contribution is -2.31. The summed E-state index contributed by atoms with van der Waals surface area (Å²) in [6, 6.07) is 7.01. The minimum atomic E-state index is -0.557. The second-order valence-electron chi connectivity index (χ2n) is 6.21. The molecule has 0 aliphatic heterocycles. The van der Waals surface area contributed by atoms with Crippen LogP contribution in [0.5, 0.6) is 0 Å². The van der Waals surface area contributed by atoms with Crippen molar-refractivity contribution in [3.63, 3.8) is 0 Å². The third-order valence-electron chi connectivity index (χ3n) is 4.36. The fourth-order valence-electron chi connectivity index (χ4n) is 3.02. The van der Waals surface area contributed by atoms with E-state index in [4.69, 9.17) is 0 Å². The normalized spacial score (nSPS) is 14.4. The number of carbonyl (C=O) groups is 1. The fourth-order valence-corrected chi connectivity index (χ4v) is 3.48. The average molecular weight is 435 g/mol. The molecule has 0 radical (unpaired) electrons. The Bertz CT molecular complexity index is 841. The Kier molecular flexibility index (Phi) is 6.17. The van der Waals surface area contributed by atoms with Crippen molar-refractivity contribution >= 4 is 39.2 Å². The van der Waals surface area contributed by atoms with E-state index in [0.29, 0.717) is 10.0 Å². The number of nitrogens with one attached hydrogen (secondary N) is 3. The van der Waals surface area contributed by atoms with Crippen LogP contribution in [0.1, 0.15) is 42.5 Å². The summed E-state index contributed by atoms with van der Waals surface area (Å²) in [5, 5.41) is 14.7. The molecule has 0 saturated heterocycles. The summed E-state index contributed by atoms with van der Waals surface area (Å²) >= 11 is 3.30. The van der Waals surface area contributed by atoms with Crippen LogP contribution in [-0.2, 0) is 0 Å². The Morgan fingerprint density at radius 1 is 1.15 bits per heavy atom. The topological polar surface area (TPSA) is 122 Å². The molecule has 9 nitrogen and oxygen atoms in total. The van der Waals surface area contributed by atoms with E-state index in [1.54, 1.807) is 24.3 Å². The van der Waals surface area contributed by atoms with Crippen molar-refractivity contribution < 1.29 is 9.72 Å². The molecule has 3 rings (SSSR count). The number of halogens is 1. The first-order valence-electron chi connectivity index (χ1n) is 8.63. The number of rotatable bonds is 6. The summed E-state index contributed by atoms with van der Waals surface area (Å²) in [7, 11) is 0. The number of hydrogen-bond acceptors (Lipinski definition) is 7. The Balaban J connectivity index is 1.76. The second kappa shape index (κ2) is 8.76. The number of benzene rings is 1. The van der Waals surface area contributed by atoms with Crippen molar-refractivity contribution in [2.24, 2.45) is 0 Å². The number of amides is 1. The van der Waals surface area contributed by atoms with Gasteiger partial charge in [-0.25, -0.2) is 9.97 Å². The number of aromatic nitrogens is 2. The van der Waals surface area contributed by atoms with Crippen LogP contribution in [-0.4, -0.2) is 26.8 Å². The molecule has 1 aromatic heterocycles. The zero-order valence-corrected chi connectivity index (χ0v) is 16.0.